The molecule has 0 radical (unpaired) electrons. The zero-order valence-electron chi connectivity index (χ0n) is 8.81. The Kier molecular flexibility index (Phi) is 1.93. The van der Waals surface area contributed by atoms with Gasteiger partial charge in [0.25, 0.3) is 0 Å². The van der Waals surface area contributed by atoms with Gasteiger partial charge < -0.3 is 0 Å². The summed E-state index contributed by atoms with van der Waals surface area (Å²) >= 11 is 0. The van der Waals surface area contributed by atoms with Gasteiger partial charge in [0.1, 0.15) is 6.33 Å². The maximum Gasteiger partial charge on any atom is 0.116 e. The van der Waals surface area contributed by atoms with Crippen LogP contribution in [0.4, 0.5) is 0 Å². The first-order valence-electron chi connectivity index (χ1n) is 5.05. The first kappa shape index (κ1) is 9.03. The summed E-state index contributed by atoms with van der Waals surface area (Å²) < 4.78 is 0. The van der Waals surface area contributed by atoms with Gasteiger partial charge in [0.15, 0.2) is 0 Å². The maximum absolute atomic E-state index is 4.26. The summed E-state index contributed by atoms with van der Waals surface area (Å²) in [5.74, 6) is 0. The van der Waals surface area contributed by atoms with E-state index in [1.54, 1.807) is 6.33 Å². The van der Waals surface area contributed by atoms with Crippen molar-refractivity contribution < 1.29 is 0 Å². The first-order chi connectivity index (χ1) is 7.83. The van der Waals surface area contributed by atoms with Crippen molar-refractivity contribution in [3.05, 3.63) is 42.5 Å². The average Bonchev–Trinajstić information content (AvgIpc) is 2.75. The second-order valence-corrected chi connectivity index (χ2v) is 3.72. The molecule has 4 heteroatoms. The van der Waals surface area contributed by atoms with Crippen molar-refractivity contribution in [1.82, 2.24) is 20.2 Å². The van der Waals surface area contributed by atoms with Crippen LogP contribution in [0.15, 0.2) is 36.8 Å². The fourth-order valence-corrected chi connectivity index (χ4v) is 1.71. The molecule has 0 unspecified atom stereocenters. The van der Waals surface area contributed by atoms with Crippen LogP contribution in [0.5, 0.6) is 0 Å². The Morgan fingerprint density at radius 3 is 2.94 bits per heavy atom. The van der Waals surface area contributed by atoms with E-state index in [2.05, 4.69) is 20.2 Å². The Balaban J connectivity index is 2.18. The van der Waals surface area contributed by atoms with Gasteiger partial charge in [-0.15, -0.1) is 0 Å². The molecule has 0 atom stereocenters. The predicted octanol–water partition coefficient (Wildman–Crippen LogP) is 2.33. The number of nitrogens with zero attached hydrogens (tertiary/aromatic N) is 3. The van der Waals surface area contributed by atoms with Crippen molar-refractivity contribution >= 4 is 10.9 Å². The third kappa shape index (κ3) is 1.44. The molecule has 0 saturated heterocycles. The monoisotopic (exact) mass is 210 g/mol. The van der Waals surface area contributed by atoms with Crippen LogP contribution in [-0.2, 0) is 0 Å². The van der Waals surface area contributed by atoms with Gasteiger partial charge >= 0.3 is 0 Å². The zero-order valence-corrected chi connectivity index (χ0v) is 8.81. The molecular weight excluding hydrogens is 200 g/mol. The van der Waals surface area contributed by atoms with Gasteiger partial charge in [0.05, 0.1) is 17.4 Å². The van der Waals surface area contributed by atoms with Crippen LogP contribution in [0.3, 0.4) is 0 Å². The summed E-state index contributed by atoms with van der Waals surface area (Å²) in [6, 6.07) is 8.09. The maximum atomic E-state index is 4.26. The van der Waals surface area contributed by atoms with E-state index in [-0.39, 0.29) is 0 Å². The minimum atomic E-state index is 0.934. The highest BCUT2D eigenvalue weighted by Crippen LogP contribution is 2.21. The molecule has 4 nitrogen and oxygen atoms in total. The van der Waals surface area contributed by atoms with Crippen LogP contribution in [0.25, 0.3) is 22.2 Å². The topological polar surface area (TPSA) is 54.5 Å². The zero-order chi connectivity index (χ0) is 11.0. The van der Waals surface area contributed by atoms with Crippen LogP contribution in [0, 0.1) is 6.92 Å². The molecule has 0 fully saturated rings. The summed E-state index contributed by atoms with van der Waals surface area (Å²) in [6.45, 7) is 1.96. The molecule has 3 rings (SSSR count). The molecule has 1 N–H and O–H groups in total. The lowest BCUT2D eigenvalue weighted by molar-refractivity contribution is 1.10. The molecule has 2 heterocycles. The van der Waals surface area contributed by atoms with Crippen molar-refractivity contribution in [2.24, 2.45) is 0 Å². The van der Waals surface area contributed by atoms with Crippen LogP contribution in [0.2, 0.25) is 0 Å². The Bertz CT molecular complexity index is 642. The normalized spacial score (nSPS) is 10.8. The molecule has 0 aliphatic carbocycles. The summed E-state index contributed by atoms with van der Waals surface area (Å²) in [4.78, 5) is 8.34. The minimum Gasteiger partial charge on any atom is -0.278 e. The fourth-order valence-electron chi connectivity index (χ4n) is 1.71. The number of fused-ring (bicyclic) bond motifs is 1. The summed E-state index contributed by atoms with van der Waals surface area (Å²) in [5.41, 5.74) is 4.00. The third-order valence-electron chi connectivity index (χ3n) is 2.54. The smallest absolute Gasteiger partial charge is 0.116 e. The number of rotatable bonds is 1. The number of aromatic amines is 1. The molecule has 1 aromatic carbocycles. The van der Waals surface area contributed by atoms with E-state index >= 15 is 0 Å². The molecule has 16 heavy (non-hydrogen) atoms. The fraction of sp³-hybridized carbons (Fsp3) is 0.0833. The molecule has 0 aliphatic rings. The van der Waals surface area contributed by atoms with E-state index in [9.17, 15) is 0 Å². The van der Waals surface area contributed by atoms with Crippen LogP contribution in [0.1, 0.15) is 5.69 Å². The van der Waals surface area contributed by atoms with E-state index < -0.39 is 0 Å². The Morgan fingerprint density at radius 1 is 1.12 bits per heavy atom. The lowest BCUT2D eigenvalue weighted by Crippen LogP contribution is -1.87. The van der Waals surface area contributed by atoms with Gasteiger partial charge in [0, 0.05) is 16.6 Å². The SMILES string of the molecule is Cc1cc(-c2ccc3cn[nH]c3c2)ncn1. The Hall–Kier alpha value is -2.23. The van der Waals surface area contributed by atoms with Crippen LogP contribution >= 0.6 is 0 Å². The van der Waals surface area contributed by atoms with Gasteiger partial charge in [-0.2, -0.15) is 5.10 Å². The van der Waals surface area contributed by atoms with E-state index in [0.29, 0.717) is 0 Å². The molecule has 3 aromatic rings. The molecule has 0 spiro atoms. The first-order valence-corrected chi connectivity index (χ1v) is 5.05. The van der Waals surface area contributed by atoms with Crippen molar-refractivity contribution in [2.75, 3.05) is 0 Å². The standard InChI is InChI=1S/C12H10N4/c1-8-4-11(14-7-13-8)9-2-3-10-6-15-16-12(10)5-9/h2-7H,1H3,(H,15,16). The lowest BCUT2D eigenvalue weighted by atomic mass is 10.1. The van der Waals surface area contributed by atoms with Crippen molar-refractivity contribution in [3.8, 4) is 11.3 Å². The molecule has 78 valence electrons. The van der Waals surface area contributed by atoms with E-state index in [1.807, 2.05) is 37.4 Å². The average molecular weight is 210 g/mol. The number of aromatic nitrogens is 4. The number of aryl methyl sites for hydroxylation is 1. The largest absolute Gasteiger partial charge is 0.278 e. The molecule has 0 aliphatic heterocycles. The number of benzene rings is 1. The second-order valence-electron chi connectivity index (χ2n) is 3.72. The number of hydrogen-bond donors (Lipinski definition) is 1. The molecule has 2 aromatic heterocycles. The highest BCUT2D eigenvalue weighted by Gasteiger charge is 2.02. The van der Waals surface area contributed by atoms with Crippen molar-refractivity contribution in [1.29, 1.82) is 0 Å². The van der Waals surface area contributed by atoms with Crippen LogP contribution in [-0.4, -0.2) is 20.2 Å². The highest BCUT2D eigenvalue weighted by atomic mass is 15.1. The van der Waals surface area contributed by atoms with Crippen molar-refractivity contribution in [2.45, 2.75) is 6.92 Å². The van der Waals surface area contributed by atoms with Gasteiger partial charge in [-0.05, 0) is 19.1 Å². The van der Waals surface area contributed by atoms with Crippen molar-refractivity contribution in [3.63, 3.8) is 0 Å². The predicted molar refractivity (Wildman–Crippen MR) is 61.9 cm³/mol. The quantitative estimate of drug-likeness (QED) is 0.670. The van der Waals surface area contributed by atoms with E-state index in [0.717, 1.165) is 27.9 Å². The highest BCUT2D eigenvalue weighted by molar-refractivity contribution is 5.82. The summed E-state index contributed by atoms with van der Waals surface area (Å²) in [5, 5.41) is 8.05. The van der Waals surface area contributed by atoms with E-state index in [1.165, 1.54) is 0 Å². The molecule has 0 saturated carbocycles. The van der Waals surface area contributed by atoms with Gasteiger partial charge in [-0.25, -0.2) is 9.97 Å². The van der Waals surface area contributed by atoms with Crippen LogP contribution < -0.4 is 0 Å². The van der Waals surface area contributed by atoms with Gasteiger partial charge in [-0.1, -0.05) is 12.1 Å². The molecule has 0 amide bonds. The molecule has 0 bridgehead atoms. The third-order valence-corrected chi connectivity index (χ3v) is 2.54. The van der Waals surface area contributed by atoms with Gasteiger partial charge in [0.2, 0.25) is 0 Å². The molecular formula is C12H10N4. The Labute approximate surface area is 92.4 Å². The number of H-pyrrole nitrogens is 1. The summed E-state index contributed by atoms with van der Waals surface area (Å²) in [7, 11) is 0. The lowest BCUT2D eigenvalue weighted by Gasteiger charge is -2.01. The summed E-state index contributed by atoms with van der Waals surface area (Å²) in [6.07, 6.45) is 3.40. The second kappa shape index (κ2) is 3.41. The Morgan fingerprint density at radius 2 is 2.06 bits per heavy atom. The minimum absolute atomic E-state index is 0.934. The van der Waals surface area contributed by atoms with E-state index in [4.69, 9.17) is 0 Å². The van der Waals surface area contributed by atoms with Gasteiger partial charge in [-0.3, -0.25) is 5.10 Å². The number of nitrogens with one attached hydrogen (secondary N) is 1. The number of hydrogen-bond acceptors (Lipinski definition) is 3.